The summed E-state index contributed by atoms with van der Waals surface area (Å²) in [5.41, 5.74) is -0.468. The van der Waals surface area contributed by atoms with Gasteiger partial charge in [-0.1, -0.05) is 36.4 Å². The molecule has 2 aromatic carbocycles. The predicted molar refractivity (Wildman–Crippen MR) is 110 cm³/mol. The smallest absolute Gasteiger partial charge is 0.410 e. The zero-order chi connectivity index (χ0) is 18.6. The molecule has 0 aliphatic carbocycles. The second-order valence-electron chi connectivity index (χ2n) is 7.32. The van der Waals surface area contributed by atoms with E-state index in [1.807, 2.05) is 61.3 Å². The Labute approximate surface area is 164 Å². The van der Waals surface area contributed by atoms with Gasteiger partial charge < -0.3 is 9.64 Å². The van der Waals surface area contributed by atoms with Gasteiger partial charge in [0.15, 0.2) is 0 Å². The number of nitrogens with zero attached hydrogens (tertiary/aromatic N) is 1. The minimum atomic E-state index is -0.468. The summed E-state index contributed by atoms with van der Waals surface area (Å²) < 4.78 is 5.59. The van der Waals surface area contributed by atoms with Crippen molar-refractivity contribution in [2.75, 3.05) is 13.1 Å². The lowest BCUT2D eigenvalue weighted by Gasteiger charge is -2.24. The highest BCUT2D eigenvalue weighted by molar-refractivity contribution is 8.04. The van der Waals surface area contributed by atoms with Crippen LogP contribution in [0.1, 0.15) is 20.8 Å². The van der Waals surface area contributed by atoms with E-state index in [1.54, 1.807) is 0 Å². The topological polar surface area (TPSA) is 29.5 Å². The Morgan fingerprint density at radius 1 is 0.885 bits per heavy atom. The first-order valence-electron chi connectivity index (χ1n) is 8.82. The first-order chi connectivity index (χ1) is 12.4. The molecule has 0 bridgehead atoms. The fourth-order valence-electron chi connectivity index (χ4n) is 2.79. The van der Waals surface area contributed by atoms with Crippen LogP contribution in [0.25, 0.3) is 0 Å². The van der Waals surface area contributed by atoms with E-state index < -0.39 is 5.60 Å². The Bertz CT molecular complexity index is 666. The van der Waals surface area contributed by atoms with E-state index in [-0.39, 0.29) is 6.09 Å². The quantitative estimate of drug-likeness (QED) is 0.687. The molecule has 0 aromatic heterocycles. The van der Waals surface area contributed by atoms with Gasteiger partial charge in [0.1, 0.15) is 5.60 Å². The Kier molecular flexibility index (Phi) is 6.20. The van der Waals surface area contributed by atoms with Crippen LogP contribution in [0.3, 0.4) is 0 Å². The van der Waals surface area contributed by atoms with E-state index >= 15 is 0 Å². The monoisotopic (exact) mass is 387 g/mol. The van der Waals surface area contributed by atoms with Crippen LogP contribution in [0.15, 0.2) is 70.5 Å². The number of carbonyl (C=O) groups excluding carboxylic acids is 1. The Balaban J connectivity index is 1.73. The summed E-state index contributed by atoms with van der Waals surface area (Å²) in [6.07, 6.45) is -0.215. The van der Waals surface area contributed by atoms with Crippen LogP contribution in [-0.2, 0) is 4.74 Å². The molecule has 3 nitrogen and oxygen atoms in total. The maximum absolute atomic E-state index is 12.5. The Morgan fingerprint density at radius 3 is 1.69 bits per heavy atom. The Morgan fingerprint density at radius 2 is 1.31 bits per heavy atom. The van der Waals surface area contributed by atoms with Crippen LogP contribution in [0, 0.1) is 0 Å². The van der Waals surface area contributed by atoms with Gasteiger partial charge in [0.25, 0.3) is 0 Å². The van der Waals surface area contributed by atoms with Gasteiger partial charge in [0, 0.05) is 33.4 Å². The van der Waals surface area contributed by atoms with Gasteiger partial charge in [-0.25, -0.2) is 4.79 Å². The number of amides is 1. The molecule has 26 heavy (non-hydrogen) atoms. The second kappa shape index (κ2) is 8.40. The lowest BCUT2D eigenvalue weighted by atomic mass is 10.2. The van der Waals surface area contributed by atoms with Crippen molar-refractivity contribution in [2.45, 2.75) is 46.7 Å². The van der Waals surface area contributed by atoms with Crippen LogP contribution >= 0.6 is 23.5 Å². The normalized spacial score (nSPS) is 20.2. The number of likely N-dealkylation sites (tertiary alicyclic amines) is 1. The molecule has 2 aromatic rings. The summed E-state index contributed by atoms with van der Waals surface area (Å²) in [4.78, 5) is 16.9. The fraction of sp³-hybridized carbons (Fsp3) is 0.381. The van der Waals surface area contributed by atoms with Gasteiger partial charge in [-0.3, -0.25) is 0 Å². The number of rotatable bonds is 4. The lowest BCUT2D eigenvalue weighted by molar-refractivity contribution is 0.0296. The minimum absolute atomic E-state index is 0.215. The number of hydrogen-bond donors (Lipinski definition) is 0. The van der Waals surface area contributed by atoms with Crippen molar-refractivity contribution in [3.63, 3.8) is 0 Å². The SMILES string of the molecule is CC(C)(C)OC(=O)N1C[C@@H](Sc2ccccc2)[C@H](Sc2ccccc2)C1. The zero-order valence-electron chi connectivity index (χ0n) is 15.4. The second-order valence-corrected chi connectivity index (χ2v) is 9.95. The van der Waals surface area contributed by atoms with Crippen molar-refractivity contribution in [1.29, 1.82) is 0 Å². The molecule has 2 atom stereocenters. The zero-order valence-corrected chi connectivity index (χ0v) is 17.1. The van der Waals surface area contributed by atoms with Gasteiger partial charge in [0.05, 0.1) is 0 Å². The highest BCUT2D eigenvalue weighted by Crippen LogP contribution is 2.39. The number of carbonyl (C=O) groups is 1. The van der Waals surface area contributed by atoms with Crippen LogP contribution in [0.4, 0.5) is 4.79 Å². The molecular formula is C21H25NO2S2. The highest BCUT2D eigenvalue weighted by atomic mass is 32.2. The number of thioether (sulfide) groups is 2. The van der Waals surface area contributed by atoms with Crippen LogP contribution < -0.4 is 0 Å². The van der Waals surface area contributed by atoms with E-state index in [0.717, 1.165) is 0 Å². The molecule has 1 aliphatic heterocycles. The molecule has 0 spiro atoms. The number of hydrogen-bond acceptors (Lipinski definition) is 4. The van der Waals surface area contributed by atoms with Gasteiger partial charge >= 0.3 is 6.09 Å². The van der Waals surface area contributed by atoms with E-state index in [9.17, 15) is 4.79 Å². The van der Waals surface area contributed by atoms with Crippen LogP contribution in [-0.4, -0.2) is 40.2 Å². The first kappa shape index (κ1) is 19.2. The van der Waals surface area contributed by atoms with Crippen LogP contribution in [0.5, 0.6) is 0 Å². The molecule has 1 fully saturated rings. The molecule has 0 unspecified atom stereocenters. The first-order valence-corrected chi connectivity index (χ1v) is 10.6. The third kappa shape index (κ3) is 5.45. The van der Waals surface area contributed by atoms with Crippen molar-refractivity contribution in [3.8, 4) is 0 Å². The molecule has 1 heterocycles. The van der Waals surface area contributed by atoms with E-state index in [2.05, 4.69) is 48.5 Å². The van der Waals surface area contributed by atoms with Crippen molar-refractivity contribution in [1.82, 2.24) is 4.90 Å². The molecule has 1 amide bonds. The van der Waals surface area contributed by atoms with E-state index in [0.29, 0.717) is 23.6 Å². The van der Waals surface area contributed by atoms with Crippen molar-refractivity contribution in [2.24, 2.45) is 0 Å². The summed E-state index contributed by atoms with van der Waals surface area (Å²) >= 11 is 3.69. The van der Waals surface area contributed by atoms with Crippen molar-refractivity contribution >= 4 is 29.6 Å². The molecule has 1 aliphatic rings. The highest BCUT2D eigenvalue weighted by Gasteiger charge is 2.38. The molecule has 0 saturated carbocycles. The van der Waals surface area contributed by atoms with Gasteiger partial charge in [-0.2, -0.15) is 0 Å². The average molecular weight is 388 g/mol. The maximum Gasteiger partial charge on any atom is 0.410 e. The largest absolute Gasteiger partial charge is 0.444 e. The summed E-state index contributed by atoms with van der Waals surface area (Å²) in [5.74, 6) is 0. The van der Waals surface area contributed by atoms with Gasteiger partial charge in [-0.05, 0) is 45.0 Å². The standard InChI is InChI=1S/C21H25NO2S2/c1-21(2,3)24-20(23)22-14-18(25-16-10-6-4-7-11-16)19(15-22)26-17-12-8-5-9-13-17/h4-13,18-19H,14-15H2,1-3H3/t18-,19-/m1/s1. The molecule has 1 saturated heterocycles. The summed E-state index contributed by atoms with van der Waals surface area (Å²) in [5, 5.41) is 0.658. The summed E-state index contributed by atoms with van der Waals surface area (Å²) in [6.45, 7) is 7.14. The van der Waals surface area contributed by atoms with Crippen molar-refractivity contribution in [3.05, 3.63) is 60.7 Å². The minimum Gasteiger partial charge on any atom is -0.444 e. The number of benzene rings is 2. The summed E-state index contributed by atoms with van der Waals surface area (Å²) in [7, 11) is 0. The third-order valence-electron chi connectivity index (χ3n) is 3.93. The number of ether oxygens (including phenoxy) is 1. The molecule has 5 heteroatoms. The van der Waals surface area contributed by atoms with Gasteiger partial charge in [0.2, 0.25) is 0 Å². The van der Waals surface area contributed by atoms with E-state index in [4.69, 9.17) is 4.74 Å². The average Bonchev–Trinajstić information content (AvgIpc) is 2.98. The third-order valence-corrected chi connectivity index (χ3v) is 6.75. The van der Waals surface area contributed by atoms with Gasteiger partial charge in [-0.15, -0.1) is 23.5 Å². The van der Waals surface area contributed by atoms with Crippen LogP contribution in [0.2, 0.25) is 0 Å². The molecule has 138 valence electrons. The summed E-state index contributed by atoms with van der Waals surface area (Å²) in [6, 6.07) is 20.8. The van der Waals surface area contributed by atoms with Crippen molar-refractivity contribution < 1.29 is 9.53 Å². The molecular weight excluding hydrogens is 362 g/mol. The molecule has 0 radical (unpaired) electrons. The predicted octanol–water partition coefficient (Wildman–Crippen LogP) is 5.56. The molecule has 3 rings (SSSR count). The maximum atomic E-state index is 12.5. The molecule has 0 N–H and O–H groups in total. The lowest BCUT2D eigenvalue weighted by Crippen LogP contribution is -2.35. The fourth-order valence-corrected chi connectivity index (χ4v) is 5.44. The Hall–Kier alpha value is -1.59. The van der Waals surface area contributed by atoms with E-state index in [1.165, 1.54) is 9.79 Å².